The summed E-state index contributed by atoms with van der Waals surface area (Å²) in [7, 11) is 0. The smallest absolute Gasteiger partial charge is 0.253 e. The van der Waals surface area contributed by atoms with Gasteiger partial charge in [-0.25, -0.2) is 4.98 Å². The SMILES string of the molecule is O=C(N[C@@H]1C[C@@H](O)C12CCOCC2)c1ccc(Oc2ccccc2)nc1. The summed E-state index contributed by atoms with van der Waals surface area (Å²) < 4.78 is 11.0. The van der Waals surface area contributed by atoms with E-state index < -0.39 is 0 Å². The van der Waals surface area contributed by atoms with Crippen LogP contribution in [0.5, 0.6) is 11.6 Å². The molecule has 0 unspecified atom stereocenters. The Morgan fingerprint density at radius 2 is 1.96 bits per heavy atom. The number of nitrogens with one attached hydrogen (secondary N) is 1. The molecule has 1 saturated heterocycles. The Bertz CT molecular complexity index is 757. The minimum atomic E-state index is -0.364. The van der Waals surface area contributed by atoms with E-state index in [1.165, 1.54) is 6.20 Å². The number of benzene rings is 1. The van der Waals surface area contributed by atoms with Crippen molar-refractivity contribution in [3.05, 3.63) is 54.2 Å². The lowest BCUT2D eigenvalue weighted by Crippen LogP contribution is -2.65. The fraction of sp³-hybridized carbons (Fsp3) is 0.400. The molecule has 1 spiro atoms. The molecule has 4 rings (SSSR count). The molecule has 0 radical (unpaired) electrons. The Labute approximate surface area is 152 Å². The van der Waals surface area contributed by atoms with Crippen molar-refractivity contribution < 1.29 is 19.4 Å². The number of carbonyl (C=O) groups excluding carboxylic acids is 1. The molecule has 6 heteroatoms. The topological polar surface area (TPSA) is 80.7 Å². The average molecular weight is 354 g/mol. The minimum absolute atomic E-state index is 0.0193. The molecule has 1 aromatic carbocycles. The highest BCUT2D eigenvalue weighted by Crippen LogP contribution is 2.49. The number of aromatic nitrogens is 1. The van der Waals surface area contributed by atoms with Crippen LogP contribution in [-0.4, -0.2) is 41.4 Å². The predicted octanol–water partition coefficient (Wildman–Crippen LogP) is 2.53. The molecule has 1 amide bonds. The van der Waals surface area contributed by atoms with Gasteiger partial charge < -0.3 is 19.9 Å². The van der Waals surface area contributed by atoms with Gasteiger partial charge in [-0.2, -0.15) is 0 Å². The summed E-state index contributed by atoms with van der Waals surface area (Å²) in [6.45, 7) is 1.27. The summed E-state index contributed by atoms with van der Waals surface area (Å²) in [5.41, 5.74) is 0.242. The highest BCUT2D eigenvalue weighted by molar-refractivity contribution is 5.94. The predicted molar refractivity (Wildman–Crippen MR) is 95.1 cm³/mol. The van der Waals surface area contributed by atoms with Gasteiger partial charge in [0.05, 0.1) is 11.7 Å². The lowest BCUT2D eigenvalue weighted by molar-refractivity contribution is -0.145. The molecular formula is C20H22N2O4. The van der Waals surface area contributed by atoms with Crippen LogP contribution in [0.15, 0.2) is 48.7 Å². The van der Waals surface area contributed by atoms with Crippen LogP contribution in [0.2, 0.25) is 0 Å². The molecule has 2 aromatic rings. The normalized spacial score (nSPS) is 23.9. The average Bonchev–Trinajstić information content (AvgIpc) is 2.69. The first-order valence-corrected chi connectivity index (χ1v) is 8.93. The Morgan fingerprint density at radius 3 is 2.62 bits per heavy atom. The number of hydrogen-bond donors (Lipinski definition) is 2. The van der Waals surface area contributed by atoms with Gasteiger partial charge in [-0.1, -0.05) is 18.2 Å². The number of nitrogens with zero attached hydrogens (tertiary/aromatic N) is 1. The number of amides is 1. The van der Waals surface area contributed by atoms with E-state index in [0.717, 1.165) is 12.8 Å². The number of aliphatic hydroxyl groups is 1. The van der Waals surface area contributed by atoms with Crippen molar-refractivity contribution >= 4 is 5.91 Å². The van der Waals surface area contributed by atoms with Gasteiger partial charge in [0.15, 0.2) is 0 Å². The zero-order chi connectivity index (χ0) is 18.0. The van der Waals surface area contributed by atoms with Crippen LogP contribution in [0, 0.1) is 5.41 Å². The van der Waals surface area contributed by atoms with E-state index in [4.69, 9.17) is 9.47 Å². The number of ether oxygens (including phenoxy) is 2. The van der Waals surface area contributed by atoms with E-state index >= 15 is 0 Å². The van der Waals surface area contributed by atoms with Crippen LogP contribution in [0.4, 0.5) is 0 Å². The third-order valence-corrected chi connectivity index (χ3v) is 5.51. The standard InChI is InChI=1S/C20H22N2O4/c23-17-12-16(20(17)8-10-25-11-9-20)22-19(24)14-6-7-18(21-13-14)26-15-4-2-1-3-5-15/h1-7,13,16-17,23H,8-12H2,(H,22,24)/t16-,17-/m1/s1. The van der Waals surface area contributed by atoms with Crippen LogP contribution in [0.25, 0.3) is 0 Å². The van der Waals surface area contributed by atoms with Crippen LogP contribution >= 0.6 is 0 Å². The summed E-state index contributed by atoms with van der Waals surface area (Å²) in [5, 5.41) is 13.3. The van der Waals surface area contributed by atoms with Gasteiger partial charge >= 0.3 is 0 Å². The molecule has 2 aliphatic rings. The number of pyridine rings is 1. The molecule has 1 aromatic heterocycles. The van der Waals surface area contributed by atoms with Crippen LogP contribution in [-0.2, 0) is 4.74 Å². The summed E-state index contributed by atoms with van der Waals surface area (Å²) in [6, 6.07) is 12.7. The molecule has 2 atom stereocenters. The maximum absolute atomic E-state index is 12.5. The van der Waals surface area contributed by atoms with Gasteiger partial charge in [0.2, 0.25) is 5.88 Å². The molecule has 136 valence electrons. The van der Waals surface area contributed by atoms with Gasteiger partial charge in [-0.15, -0.1) is 0 Å². The second kappa shape index (κ2) is 7.05. The molecule has 26 heavy (non-hydrogen) atoms. The lowest BCUT2D eigenvalue weighted by atomic mass is 9.58. The Balaban J connectivity index is 1.39. The maximum Gasteiger partial charge on any atom is 0.253 e. The first kappa shape index (κ1) is 17.0. The van der Waals surface area contributed by atoms with E-state index in [1.54, 1.807) is 12.1 Å². The maximum atomic E-state index is 12.5. The summed E-state index contributed by atoms with van der Waals surface area (Å²) >= 11 is 0. The molecule has 2 heterocycles. The fourth-order valence-electron chi connectivity index (χ4n) is 3.83. The second-order valence-electron chi connectivity index (χ2n) is 6.92. The number of carbonyl (C=O) groups is 1. The van der Waals surface area contributed by atoms with Gasteiger partial charge in [0.25, 0.3) is 5.91 Å². The zero-order valence-corrected chi connectivity index (χ0v) is 14.4. The van der Waals surface area contributed by atoms with Crippen molar-refractivity contribution in [3.8, 4) is 11.6 Å². The first-order chi connectivity index (χ1) is 12.7. The van der Waals surface area contributed by atoms with E-state index in [-0.39, 0.29) is 23.5 Å². The van der Waals surface area contributed by atoms with Gasteiger partial charge in [-0.3, -0.25) is 4.79 Å². The Kier molecular flexibility index (Phi) is 4.61. The van der Waals surface area contributed by atoms with Crippen molar-refractivity contribution in [2.75, 3.05) is 13.2 Å². The Morgan fingerprint density at radius 1 is 1.19 bits per heavy atom. The highest BCUT2D eigenvalue weighted by atomic mass is 16.5. The molecule has 2 N–H and O–H groups in total. The number of para-hydroxylation sites is 1. The van der Waals surface area contributed by atoms with Crippen LogP contribution in [0.3, 0.4) is 0 Å². The zero-order valence-electron chi connectivity index (χ0n) is 14.4. The number of hydrogen-bond acceptors (Lipinski definition) is 5. The highest BCUT2D eigenvalue weighted by Gasteiger charge is 2.55. The van der Waals surface area contributed by atoms with Crippen molar-refractivity contribution in [3.63, 3.8) is 0 Å². The second-order valence-corrected chi connectivity index (χ2v) is 6.92. The minimum Gasteiger partial charge on any atom is -0.439 e. The molecule has 2 fully saturated rings. The quantitative estimate of drug-likeness (QED) is 0.882. The monoisotopic (exact) mass is 354 g/mol. The van der Waals surface area contributed by atoms with Gasteiger partial charge in [0.1, 0.15) is 5.75 Å². The van der Waals surface area contributed by atoms with Gasteiger partial charge in [-0.05, 0) is 37.5 Å². The van der Waals surface area contributed by atoms with Crippen molar-refractivity contribution in [1.82, 2.24) is 10.3 Å². The third kappa shape index (κ3) is 3.18. The van der Waals surface area contributed by atoms with Gasteiger partial charge in [0, 0.05) is 36.9 Å². The molecular weight excluding hydrogens is 332 g/mol. The first-order valence-electron chi connectivity index (χ1n) is 8.93. The summed E-state index contributed by atoms with van der Waals surface area (Å²) in [4.78, 5) is 16.8. The molecule has 1 aliphatic heterocycles. The molecule has 0 bridgehead atoms. The largest absolute Gasteiger partial charge is 0.439 e. The van der Waals surface area contributed by atoms with Crippen molar-refractivity contribution in [2.45, 2.75) is 31.4 Å². The molecule has 6 nitrogen and oxygen atoms in total. The van der Waals surface area contributed by atoms with Crippen molar-refractivity contribution in [2.24, 2.45) is 5.41 Å². The molecule has 1 aliphatic carbocycles. The fourth-order valence-corrected chi connectivity index (χ4v) is 3.83. The number of aliphatic hydroxyl groups excluding tert-OH is 1. The van der Waals surface area contributed by atoms with E-state index in [9.17, 15) is 9.90 Å². The van der Waals surface area contributed by atoms with Crippen LogP contribution in [0.1, 0.15) is 29.6 Å². The summed E-state index contributed by atoms with van der Waals surface area (Å²) in [6.07, 6.45) is 3.30. The van der Waals surface area contributed by atoms with Crippen molar-refractivity contribution in [1.29, 1.82) is 0 Å². The molecule has 1 saturated carbocycles. The lowest BCUT2D eigenvalue weighted by Gasteiger charge is -2.55. The van der Waals surface area contributed by atoms with E-state index in [2.05, 4.69) is 10.3 Å². The van der Waals surface area contributed by atoms with E-state index in [1.807, 2.05) is 30.3 Å². The van der Waals surface area contributed by atoms with Crippen LogP contribution < -0.4 is 10.1 Å². The Hall–Kier alpha value is -2.44. The van der Waals surface area contributed by atoms with E-state index in [0.29, 0.717) is 36.8 Å². The number of rotatable bonds is 4. The third-order valence-electron chi connectivity index (χ3n) is 5.51. The summed E-state index contributed by atoms with van der Waals surface area (Å²) in [5.74, 6) is 0.960.